The number of rotatable bonds is 4. The van der Waals surface area contributed by atoms with Gasteiger partial charge in [0.15, 0.2) is 0 Å². The van der Waals surface area contributed by atoms with Gasteiger partial charge < -0.3 is 14.6 Å². The lowest BCUT2D eigenvalue weighted by molar-refractivity contribution is 0.166. The van der Waals surface area contributed by atoms with E-state index in [-0.39, 0.29) is 11.4 Å². The monoisotopic (exact) mass is 349 g/mol. The second-order valence-electron chi connectivity index (χ2n) is 5.48. The van der Waals surface area contributed by atoms with E-state index in [9.17, 15) is 13.5 Å². The number of benzene rings is 2. The van der Waals surface area contributed by atoms with E-state index >= 15 is 0 Å². The Kier molecular flexibility index (Phi) is 4.38. The van der Waals surface area contributed by atoms with Gasteiger partial charge >= 0.3 is 0 Å². The Hall–Kier alpha value is -2.25. The van der Waals surface area contributed by atoms with Gasteiger partial charge in [0.05, 0.1) is 30.9 Å². The SMILES string of the molecule is COc1ccc(S(=O)(=O)N2CCC(O)c3ccc(OC)cc32)cc1. The fraction of sp³-hybridized carbons (Fsp3) is 0.294. The highest BCUT2D eigenvalue weighted by Gasteiger charge is 2.32. The molecule has 0 spiro atoms. The van der Waals surface area contributed by atoms with Gasteiger partial charge in [-0.15, -0.1) is 0 Å². The predicted molar refractivity (Wildman–Crippen MR) is 90.1 cm³/mol. The first-order valence-corrected chi connectivity index (χ1v) is 8.94. The summed E-state index contributed by atoms with van der Waals surface area (Å²) >= 11 is 0. The van der Waals surface area contributed by atoms with Crippen molar-refractivity contribution in [3.05, 3.63) is 48.0 Å². The summed E-state index contributed by atoms with van der Waals surface area (Å²) in [6.07, 6.45) is -0.345. The first-order valence-electron chi connectivity index (χ1n) is 7.50. The lowest BCUT2D eigenvalue weighted by Gasteiger charge is -2.33. The molecule has 6 nitrogen and oxygen atoms in total. The normalized spacial score (nSPS) is 17.3. The third-order valence-electron chi connectivity index (χ3n) is 4.12. The highest BCUT2D eigenvalue weighted by Crippen LogP contribution is 2.39. The number of aliphatic hydroxyl groups is 1. The van der Waals surface area contributed by atoms with E-state index in [0.29, 0.717) is 29.2 Å². The molecule has 0 saturated carbocycles. The van der Waals surface area contributed by atoms with Gasteiger partial charge in [0.1, 0.15) is 11.5 Å². The number of nitrogens with zero attached hydrogens (tertiary/aromatic N) is 1. The standard InChI is InChI=1S/C17H19NO5S/c1-22-12-3-6-14(7-4-12)24(20,21)18-10-9-17(19)15-8-5-13(23-2)11-16(15)18/h3-8,11,17,19H,9-10H2,1-2H3. The Bertz CT molecular complexity index is 833. The molecule has 2 aromatic carbocycles. The van der Waals surface area contributed by atoms with Crippen LogP contribution >= 0.6 is 0 Å². The van der Waals surface area contributed by atoms with Gasteiger partial charge in [-0.25, -0.2) is 8.42 Å². The zero-order valence-electron chi connectivity index (χ0n) is 13.5. The summed E-state index contributed by atoms with van der Waals surface area (Å²) in [7, 11) is -0.695. The average molecular weight is 349 g/mol. The van der Waals surface area contributed by atoms with Crippen LogP contribution in [0.5, 0.6) is 11.5 Å². The molecule has 1 aliphatic rings. The third-order valence-corrected chi connectivity index (χ3v) is 5.95. The molecule has 0 amide bonds. The van der Waals surface area contributed by atoms with Crippen molar-refractivity contribution in [1.29, 1.82) is 0 Å². The summed E-state index contributed by atoms with van der Waals surface area (Å²) in [5.74, 6) is 1.13. The van der Waals surface area contributed by atoms with Crippen LogP contribution in [-0.2, 0) is 10.0 Å². The lowest BCUT2D eigenvalue weighted by atomic mass is 10.0. The number of fused-ring (bicyclic) bond motifs is 1. The first-order chi connectivity index (χ1) is 11.5. The summed E-state index contributed by atoms with van der Waals surface area (Å²) in [5.41, 5.74) is 1.03. The summed E-state index contributed by atoms with van der Waals surface area (Å²) in [6, 6.07) is 11.3. The summed E-state index contributed by atoms with van der Waals surface area (Å²) in [4.78, 5) is 0.174. The van der Waals surface area contributed by atoms with Gasteiger partial charge in [0.25, 0.3) is 10.0 Å². The van der Waals surface area contributed by atoms with Crippen molar-refractivity contribution in [2.24, 2.45) is 0 Å². The molecule has 2 aromatic rings. The van der Waals surface area contributed by atoms with Crippen LogP contribution in [0, 0.1) is 0 Å². The molecule has 1 aliphatic heterocycles. The number of methoxy groups -OCH3 is 2. The summed E-state index contributed by atoms with van der Waals surface area (Å²) in [5, 5.41) is 10.2. The second kappa shape index (κ2) is 6.33. The topological polar surface area (TPSA) is 76.1 Å². The molecule has 1 N–H and O–H groups in total. The van der Waals surface area contributed by atoms with Gasteiger partial charge in [-0.2, -0.15) is 0 Å². The molecular weight excluding hydrogens is 330 g/mol. The fourth-order valence-electron chi connectivity index (χ4n) is 2.79. The van der Waals surface area contributed by atoms with Crippen molar-refractivity contribution < 1.29 is 23.0 Å². The van der Waals surface area contributed by atoms with Gasteiger partial charge in [-0.1, -0.05) is 6.07 Å². The number of aliphatic hydroxyl groups excluding tert-OH is 1. The van der Waals surface area contributed by atoms with Crippen molar-refractivity contribution >= 4 is 15.7 Å². The van der Waals surface area contributed by atoms with Gasteiger partial charge in [0, 0.05) is 18.2 Å². The smallest absolute Gasteiger partial charge is 0.264 e. The van der Waals surface area contributed by atoms with Crippen LogP contribution in [-0.4, -0.2) is 34.3 Å². The lowest BCUT2D eigenvalue weighted by Crippen LogP contribution is -2.36. The van der Waals surface area contributed by atoms with Crippen molar-refractivity contribution in [3.8, 4) is 11.5 Å². The summed E-state index contributed by atoms with van der Waals surface area (Å²) < 4.78 is 37.6. The maximum atomic E-state index is 13.0. The molecule has 0 saturated heterocycles. The number of anilines is 1. The molecular formula is C17H19NO5S. The number of sulfonamides is 1. The van der Waals surface area contributed by atoms with Gasteiger partial charge in [-0.3, -0.25) is 4.31 Å². The van der Waals surface area contributed by atoms with Crippen molar-refractivity contribution in [2.45, 2.75) is 17.4 Å². The molecule has 1 heterocycles. The van der Waals surface area contributed by atoms with E-state index in [4.69, 9.17) is 9.47 Å². The van der Waals surface area contributed by atoms with E-state index in [2.05, 4.69) is 0 Å². The molecule has 128 valence electrons. The summed E-state index contributed by atoms with van der Waals surface area (Å²) in [6.45, 7) is 0.204. The van der Waals surface area contributed by atoms with E-state index in [1.54, 1.807) is 30.3 Å². The Morgan fingerprint density at radius 2 is 1.67 bits per heavy atom. The molecule has 0 fully saturated rings. The molecule has 24 heavy (non-hydrogen) atoms. The molecule has 0 aromatic heterocycles. The maximum absolute atomic E-state index is 13.0. The minimum Gasteiger partial charge on any atom is -0.497 e. The van der Waals surface area contributed by atoms with Gasteiger partial charge in [0.2, 0.25) is 0 Å². The van der Waals surface area contributed by atoms with Crippen LogP contribution in [0.2, 0.25) is 0 Å². The maximum Gasteiger partial charge on any atom is 0.264 e. The Morgan fingerprint density at radius 3 is 2.29 bits per heavy atom. The zero-order valence-corrected chi connectivity index (χ0v) is 14.3. The highest BCUT2D eigenvalue weighted by atomic mass is 32.2. The van der Waals surface area contributed by atoms with Crippen molar-refractivity contribution in [1.82, 2.24) is 0 Å². The Labute approximate surface area is 141 Å². The third kappa shape index (κ3) is 2.81. The van der Waals surface area contributed by atoms with E-state index in [1.165, 1.54) is 30.7 Å². The molecule has 3 rings (SSSR count). The minimum atomic E-state index is -3.74. The van der Waals surface area contributed by atoms with E-state index < -0.39 is 16.1 Å². The first kappa shape index (κ1) is 16.6. The second-order valence-corrected chi connectivity index (χ2v) is 7.34. The quantitative estimate of drug-likeness (QED) is 0.917. The van der Waals surface area contributed by atoms with Crippen LogP contribution in [0.1, 0.15) is 18.1 Å². The van der Waals surface area contributed by atoms with Crippen molar-refractivity contribution in [2.75, 3.05) is 25.1 Å². The molecule has 1 atom stereocenters. The van der Waals surface area contributed by atoms with Gasteiger partial charge in [-0.05, 0) is 36.8 Å². The molecule has 7 heteroatoms. The molecule has 0 radical (unpaired) electrons. The zero-order chi connectivity index (χ0) is 17.3. The number of hydrogen-bond donors (Lipinski definition) is 1. The molecule has 1 unspecified atom stereocenters. The van der Waals surface area contributed by atoms with Crippen LogP contribution in [0.3, 0.4) is 0 Å². The number of ether oxygens (including phenoxy) is 2. The van der Waals surface area contributed by atoms with Crippen LogP contribution < -0.4 is 13.8 Å². The average Bonchev–Trinajstić information content (AvgIpc) is 2.61. The molecule has 0 aliphatic carbocycles. The Morgan fingerprint density at radius 1 is 1.04 bits per heavy atom. The predicted octanol–water partition coefficient (Wildman–Crippen LogP) is 2.34. The van der Waals surface area contributed by atoms with Crippen molar-refractivity contribution in [3.63, 3.8) is 0 Å². The van der Waals surface area contributed by atoms with Crippen LogP contribution in [0.15, 0.2) is 47.4 Å². The Balaban J connectivity index is 2.07. The highest BCUT2D eigenvalue weighted by molar-refractivity contribution is 7.92. The fourth-order valence-corrected chi connectivity index (χ4v) is 4.29. The minimum absolute atomic E-state index is 0.174. The number of hydrogen-bond acceptors (Lipinski definition) is 5. The van der Waals surface area contributed by atoms with E-state index in [1.807, 2.05) is 0 Å². The van der Waals surface area contributed by atoms with Crippen LogP contribution in [0.25, 0.3) is 0 Å². The van der Waals surface area contributed by atoms with Crippen LogP contribution in [0.4, 0.5) is 5.69 Å². The van der Waals surface area contributed by atoms with E-state index in [0.717, 1.165) is 0 Å². The molecule has 0 bridgehead atoms. The largest absolute Gasteiger partial charge is 0.497 e.